The summed E-state index contributed by atoms with van der Waals surface area (Å²) in [6, 6.07) is 3.88. The molecule has 1 aliphatic rings. The largest absolute Gasteiger partial charge is 0.352 e. The summed E-state index contributed by atoms with van der Waals surface area (Å²) in [7, 11) is 0. The Bertz CT molecular complexity index is 507. The van der Waals surface area contributed by atoms with Gasteiger partial charge in [-0.25, -0.2) is 0 Å². The monoisotopic (exact) mass is 356 g/mol. The lowest BCUT2D eigenvalue weighted by Gasteiger charge is -2.14. The first-order valence-electron chi connectivity index (χ1n) is 6.64. The smallest absolute Gasteiger partial charge is 0.244 e. The second kappa shape index (κ2) is 7.59. The number of amides is 2. The SMILES string of the molecule is O=C(/C=C/c1ccc(Br)s1)NCCC(=O)N1CCCC1. The maximum Gasteiger partial charge on any atom is 0.244 e. The van der Waals surface area contributed by atoms with Crippen LogP contribution in [0.15, 0.2) is 22.0 Å². The minimum absolute atomic E-state index is 0.133. The van der Waals surface area contributed by atoms with Crippen LogP contribution < -0.4 is 5.32 Å². The van der Waals surface area contributed by atoms with Crippen LogP contribution in [-0.2, 0) is 9.59 Å². The third kappa shape index (κ3) is 4.76. The molecule has 0 bridgehead atoms. The van der Waals surface area contributed by atoms with Gasteiger partial charge in [0.25, 0.3) is 0 Å². The summed E-state index contributed by atoms with van der Waals surface area (Å²) in [6.07, 6.45) is 5.84. The van der Waals surface area contributed by atoms with Crippen molar-refractivity contribution in [3.63, 3.8) is 0 Å². The van der Waals surface area contributed by atoms with E-state index in [9.17, 15) is 9.59 Å². The topological polar surface area (TPSA) is 49.4 Å². The molecule has 4 nitrogen and oxygen atoms in total. The minimum Gasteiger partial charge on any atom is -0.352 e. The van der Waals surface area contributed by atoms with E-state index in [2.05, 4.69) is 21.2 Å². The molecule has 0 saturated carbocycles. The molecule has 1 aromatic rings. The minimum atomic E-state index is -0.163. The highest BCUT2D eigenvalue weighted by Crippen LogP contribution is 2.22. The summed E-state index contributed by atoms with van der Waals surface area (Å²) in [5.41, 5.74) is 0. The zero-order valence-corrected chi connectivity index (χ0v) is 13.5. The fraction of sp³-hybridized carbons (Fsp3) is 0.429. The summed E-state index contributed by atoms with van der Waals surface area (Å²) < 4.78 is 1.04. The van der Waals surface area contributed by atoms with Gasteiger partial charge < -0.3 is 10.2 Å². The van der Waals surface area contributed by atoms with E-state index in [1.165, 1.54) is 6.08 Å². The number of hydrogen-bond acceptors (Lipinski definition) is 3. The second-order valence-electron chi connectivity index (χ2n) is 4.60. The molecule has 20 heavy (non-hydrogen) atoms. The average Bonchev–Trinajstić information content (AvgIpc) is 3.07. The van der Waals surface area contributed by atoms with Crippen molar-refractivity contribution in [1.82, 2.24) is 10.2 Å². The van der Waals surface area contributed by atoms with Gasteiger partial charge >= 0.3 is 0 Å². The van der Waals surface area contributed by atoms with E-state index in [1.54, 1.807) is 17.4 Å². The molecule has 1 N–H and O–H groups in total. The van der Waals surface area contributed by atoms with Crippen molar-refractivity contribution in [2.75, 3.05) is 19.6 Å². The van der Waals surface area contributed by atoms with Crippen LogP contribution in [0.1, 0.15) is 24.1 Å². The maximum absolute atomic E-state index is 11.8. The number of nitrogens with one attached hydrogen (secondary N) is 1. The van der Waals surface area contributed by atoms with Crippen LogP contribution in [0, 0.1) is 0 Å². The molecule has 2 rings (SSSR count). The molecule has 2 amide bonds. The Kier molecular flexibility index (Phi) is 5.79. The van der Waals surface area contributed by atoms with Gasteiger partial charge in [0.2, 0.25) is 11.8 Å². The normalized spacial score (nSPS) is 14.9. The summed E-state index contributed by atoms with van der Waals surface area (Å²) in [5, 5.41) is 2.73. The lowest BCUT2D eigenvalue weighted by Crippen LogP contribution is -2.32. The van der Waals surface area contributed by atoms with Gasteiger partial charge in [0.15, 0.2) is 0 Å². The predicted octanol–water partition coefficient (Wildman–Crippen LogP) is 2.65. The first-order valence-corrected chi connectivity index (χ1v) is 8.25. The van der Waals surface area contributed by atoms with Gasteiger partial charge in [-0.05, 0) is 47.0 Å². The molecule has 6 heteroatoms. The number of thiophene rings is 1. The molecule has 2 heterocycles. The number of carbonyl (C=O) groups is 2. The molecule has 0 aromatic carbocycles. The van der Waals surface area contributed by atoms with Crippen molar-refractivity contribution in [3.8, 4) is 0 Å². The zero-order valence-electron chi connectivity index (χ0n) is 11.1. The first kappa shape index (κ1) is 15.3. The molecular formula is C14H17BrN2O2S. The number of rotatable bonds is 5. The van der Waals surface area contributed by atoms with Gasteiger partial charge in [-0.2, -0.15) is 0 Å². The van der Waals surface area contributed by atoms with E-state index in [0.717, 1.165) is 34.6 Å². The van der Waals surface area contributed by atoms with Gasteiger partial charge in [-0.1, -0.05) is 0 Å². The zero-order chi connectivity index (χ0) is 14.4. The van der Waals surface area contributed by atoms with Crippen LogP contribution in [-0.4, -0.2) is 36.3 Å². The third-order valence-corrected chi connectivity index (χ3v) is 4.68. The Morgan fingerprint density at radius 1 is 1.35 bits per heavy atom. The molecule has 0 unspecified atom stereocenters. The Morgan fingerprint density at radius 2 is 2.10 bits per heavy atom. The van der Waals surface area contributed by atoms with Crippen LogP contribution in [0.5, 0.6) is 0 Å². The fourth-order valence-electron chi connectivity index (χ4n) is 2.05. The average molecular weight is 357 g/mol. The number of hydrogen-bond donors (Lipinski definition) is 1. The van der Waals surface area contributed by atoms with Crippen molar-refractivity contribution < 1.29 is 9.59 Å². The molecule has 0 aliphatic carbocycles. The van der Waals surface area contributed by atoms with E-state index >= 15 is 0 Å². The number of nitrogens with zero attached hydrogens (tertiary/aromatic N) is 1. The highest BCUT2D eigenvalue weighted by atomic mass is 79.9. The summed E-state index contributed by atoms with van der Waals surface area (Å²) in [6.45, 7) is 2.12. The van der Waals surface area contributed by atoms with E-state index in [1.807, 2.05) is 17.0 Å². The van der Waals surface area contributed by atoms with Crippen LogP contribution in [0.25, 0.3) is 6.08 Å². The molecule has 1 saturated heterocycles. The van der Waals surface area contributed by atoms with E-state index in [0.29, 0.717) is 13.0 Å². The summed E-state index contributed by atoms with van der Waals surface area (Å²) in [5.74, 6) is -0.0299. The van der Waals surface area contributed by atoms with Gasteiger partial charge in [-0.3, -0.25) is 9.59 Å². The van der Waals surface area contributed by atoms with Gasteiger partial charge in [-0.15, -0.1) is 11.3 Å². The number of carbonyl (C=O) groups excluding carboxylic acids is 2. The Balaban J connectivity index is 1.67. The van der Waals surface area contributed by atoms with E-state index in [-0.39, 0.29) is 11.8 Å². The van der Waals surface area contributed by atoms with Gasteiger partial charge in [0.05, 0.1) is 3.79 Å². The van der Waals surface area contributed by atoms with Crippen LogP contribution in [0.4, 0.5) is 0 Å². The lowest BCUT2D eigenvalue weighted by atomic mass is 10.3. The second-order valence-corrected chi connectivity index (χ2v) is 7.10. The lowest BCUT2D eigenvalue weighted by molar-refractivity contribution is -0.130. The predicted molar refractivity (Wildman–Crippen MR) is 84.5 cm³/mol. The van der Waals surface area contributed by atoms with E-state index < -0.39 is 0 Å². The van der Waals surface area contributed by atoms with E-state index in [4.69, 9.17) is 0 Å². The Morgan fingerprint density at radius 3 is 2.75 bits per heavy atom. The fourth-order valence-corrected chi connectivity index (χ4v) is 3.38. The van der Waals surface area contributed by atoms with Crippen LogP contribution >= 0.6 is 27.3 Å². The van der Waals surface area contributed by atoms with Crippen molar-refractivity contribution in [1.29, 1.82) is 0 Å². The summed E-state index contributed by atoms with van der Waals surface area (Å²) in [4.78, 5) is 26.2. The number of likely N-dealkylation sites (tertiary alicyclic amines) is 1. The molecule has 0 radical (unpaired) electrons. The molecular weight excluding hydrogens is 340 g/mol. The van der Waals surface area contributed by atoms with Gasteiger partial charge in [0, 0.05) is 37.0 Å². The van der Waals surface area contributed by atoms with Crippen LogP contribution in [0.3, 0.4) is 0 Å². The third-order valence-electron chi connectivity index (χ3n) is 3.09. The number of halogens is 1. The Labute approximate surface area is 131 Å². The summed E-state index contributed by atoms with van der Waals surface area (Å²) >= 11 is 4.94. The quantitative estimate of drug-likeness (QED) is 0.824. The van der Waals surface area contributed by atoms with Crippen molar-refractivity contribution in [3.05, 3.63) is 26.9 Å². The molecule has 0 spiro atoms. The first-order chi connectivity index (χ1) is 9.65. The highest BCUT2D eigenvalue weighted by Gasteiger charge is 2.17. The maximum atomic E-state index is 11.8. The molecule has 0 atom stereocenters. The van der Waals surface area contributed by atoms with Crippen molar-refractivity contribution in [2.45, 2.75) is 19.3 Å². The van der Waals surface area contributed by atoms with Crippen molar-refractivity contribution in [2.24, 2.45) is 0 Å². The van der Waals surface area contributed by atoms with Crippen molar-refractivity contribution >= 4 is 45.2 Å². The van der Waals surface area contributed by atoms with Gasteiger partial charge in [0.1, 0.15) is 0 Å². The Hall–Kier alpha value is -1.14. The molecule has 1 aliphatic heterocycles. The highest BCUT2D eigenvalue weighted by molar-refractivity contribution is 9.11. The molecule has 1 aromatic heterocycles. The molecule has 108 valence electrons. The van der Waals surface area contributed by atoms with Crippen LogP contribution in [0.2, 0.25) is 0 Å². The molecule has 1 fully saturated rings. The standard InChI is InChI=1S/C14H17BrN2O2S/c15-12-5-3-11(20-12)4-6-13(18)16-8-7-14(19)17-9-1-2-10-17/h3-6H,1-2,7-10H2,(H,16,18)/b6-4+.